The van der Waals surface area contributed by atoms with Gasteiger partial charge in [-0.2, -0.15) is 11.8 Å². The first kappa shape index (κ1) is 14.8. The molecule has 5 nitrogen and oxygen atoms in total. The molecule has 2 N–H and O–H groups in total. The molecular formula is C14H21N5S2. The number of thioether (sulfide) groups is 1. The van der Waals surface area contributed by atoms with Crippen LogP contribution in [0.5, 0.6) is 0 Å². The Balaban J connectivity index is 1.58. The molecule has 2 fully saturated rings. The highest BCUT2D eigenvalue weighted by Crippen LogP contribution is 2.27. The Morgan fingerprint density at radius 2 is 2.00 bits per heavy atom. The van der Waals surface area contributed by atoms with Crippen molar-refractivity contribution < 1.29 is 0 Å². The number of nitrogens with one attached hydrogen (secondary N) is 2. The topological polar surface area (TPSA) is 53.1 Å². The van der Waals surface area contributed by atoms with Gasteiger partial charge < -0.3 is 15.5 Å². The summed E-state index contributed by atoms with van der Waals surface area (Å²) < 4.78 is 0. The van der Waals surface area contributed by atoms with Crippen molar-refractivity contribution in [3.05, 3.63) is 18.1 Å². The predicted octanol–water partition coefficient (Wildman–Crippen LogP) is 2.66. The fourth-order valence-electron chi connectivity index (χ4n) is 2.66. The normalized spacial score (nSPS) is 19.3. The molecule has 7 heteroatoms. The third kappa shape index (κ3) is 3.93. The number of anilines is 2. The molecule has 0 aromatic carbocycles. The molecule has 1 saturated heterocycles. The van der Waals surface area contributed by atoms with Crippen LogP contribution < -0.4 is 15.5 Å². The lowest BCUT2D eigenvalue weighted by atomic mass is 10.2. The van der Waals surface area contributed by atoms with Crippen molar-refractivity contribution >= 4 is 33.4 Å². The van der Waals surface area contributed by atoms with Gasteiger partial charge in [-0.25, -0.2) is 0 Å². The molecule has 114 valence electrons. The number of aromatic nitrogens is 2. The second kappa shape index (κ2) is 7.20. The van der Waals surface area contributed by atoms with E-state index in [0.717, 1.165) is 29.2 Å². The van der Waals surface area contributed by atoms with E-state index < -0.39 is 0 Å². The minimum Gasteiger partial charge on any atom is -0.362 e. The molecule has 21 heavy (non-hydrogen) atoms. The number of rotatable bonds is 5. The van der Waals surface area contributed by atoms with Crippen LogP contribution in [0.1, 0.15) is 25.7 Å². The van der Waals surface area contributed by atoms with E-state index in [1.807, 2.05) is 11.8 Å². The quantitative estimate of drug-likeness (QED) is 0.813. The highest BCUT2D eigenvalue weighted by molar-refractivity contribution is 7.99. The van der Waals surface area contributed by atoms with Crippen LogP contribution in [0.4, 0.5) is 10.3 Å². The zero-order valence-electron chi connectivity index (χ0n) is 12.1. The zero-order chi connectivity index (χ0) is 14.5. The van der Waals surface area contributed by atoms with Gasteiger partial charge in [0.1, 0.15) is 5.82 Å². The minimum atomic E-state index is 0.535. The van der Waals surface area contributed by atoms with Gasteiger partial charge >= 0.3 is 0 Å². The average Bonchev–Trinajstić information content (AvgIpc) is 3.19. The number of nitrogens with zero attached hydrogens (tertiary/aromatic N) is 3. The standard InChI is InChI=1S/C14H21N5S2/c1-2-12(15-11-5-3-4-6-11)16-13-17-18-14(21-13)19-7-9-20-10-8-19/h11,15H,1,3-10H2,(H,16,17). The first-order chi connectivity index (χ1) is 10.3. The number of hydrogen-bond donors (Lipinski definition) is 2. The second-order valence-electron chi connectivity index (χ2n) is 5.29. The average molecular weight is 323 g/mol. The van der Waals surface area contributed by atoms with Crippen LogP contribution in [0.2, 0.25) is 0 Å². The van der Waals surface area contributed by atoms with E-state index in [-0.39, 0.29) is 0 Å². The van der Waals surface area contributed by atoms with Gasteiger partial charge in [0, 0.05) is 30.6 Å². The highest BCUT2D eigenvalue weighted by Gasteiger charge is 2.18. The molecule has 1 aromatic heterocycles. The van der Waals surface area contributed by atoms with Crippen molar-refractivity contribution in [3.8, 4) is 0 Å². The van der Waals surface area contributed by atoms with Crippen LogP contribution in [-0.2, 0) is 0 Å². The summed E-state index contributed by atoms with van der Waals surface area (Å²) in [6.07, 6.45) is 5.05. The van der Waals surface area contributed by atoms with Gasteiger partial charge in [0.05, 0.1) is 0 Å². The van der Waals surface area contributed by atoms with Crippen molar-refractivity contribution in [2.24, 2.45) is 0 Å². The van der Waals surface area contributed by atoms with Crippen LogP contribution in [0.3, 0.4) is 0 Å². The van der Waals surface area contributed by atoms with Crippen LogP contribution in [-0.4, -0.2) is 40.8 Å². The Morgan fingerprint density at radius 1 is 1.24 bits per heavy atom. The van der Waals surface area contributed by atoms with Crippen LogP contribution in [0.15, 0.2) is 18.1 Å². The summed E-state index contributed by atoms with van der Waals surface area (Å²) in [5.74, 6) is 3.16. The molecule has 1 saturated carbocycles. The second-order valence-corrected chi connectivity index (χ2v) is 7.47. The summed E-state index contributed by atoms with van der Waals surface area (Å²) in [5.41, 5.74) is 2.93. The van der Waals surface area contributed by atoms with E-state index in [4.69, 9.17) is 0 Å². The molecule has 0 radical (unpaired) electrons. The van der Waals surface area contributed by atoms with E-state index >= 15 is 0 Å². The molecule has 0 atom stereocenters. The maximum absolute atomic E-state index is 4.29. The van der Waals surface area contributed by atoms with Gasteiger partial charge in [0.2, 0.25) is 10.3 Å². The third-order valence-electron chi connectivity index (χ3n) is 3.81. The van der Waals surface area contributed by atoms with E-state index in [2.05, 4.69) is 38.0 Å². The van der Waals surface area contributed by atoms with Crippen molar-refractivity contribution in [2.75, 3.05) is 34.8 Å². The molecule has 2 aliphatic rings. The van der Waals surface area contributed by atoms with Gasteiger partial charge in [-0.1, -0.05) is 36.5 Å². The molecule has 1 aromatic rings. The number of hydrogen-bond acceptors (Lipinski definition) is 7. The molecule has 2 heterocycles. The molecule has 1 aliphatic carbocycles. The maximum Gasteiger partial charge on any atom is 0.213 e. The van der Waals surface area contributed by atoms with Crippen molar-refractivity contribution in [2.45, 2.75) is 31.7 Å². The predicted molar refractivity (Wildman–Crippen MR) is 91.1 cm³/mol. The van der Waals surface area contributed by atoms with Crippen LogP contribution >= 0.6 is 23.1 Å². The Hall–Kier alpha value is -1.17. The van der Waals surface area contributed by atoms with E-state index in [9.17, 15) is 0 Å². The van der Waals surface area contributed by atoms with Gasteiger partial charge in [0.25, 0.3) is 0 Å². The third-order valence-corrected chi connectivity index (χ3v) is 5.65. The Kier molecular flexibility index (Phi) is 5.06. The summed E-state index contributed by atoms with van der Waals surface area (Å²) in [5, 5.41) is 17.1. The van der Waals surface area contributed by atoms with Gasteiger partial charge in [0.15, 0.2) is 0 Å². The summed E-state index contributed by atoms with van der Waals surface area (Å²) in [7, 11) is 0. The van der Waals surface area contributed by atoms with E-state index in [1.165, 1.54) is 37.2 Å². The lowest BCUT2D eigenvalue weighted by Crippen LogP contribution is -2.32. The van der Waals surface area contributed by atoms with Gasteiger partial charge in [-0.15, -0.1) is 10.2 Å². The highest BCUT2D eigenvalue weighted by atomic mass is 32.2. The molecule has 0 spiro atoms. The van der Waals surface area contributed by atoms with Gasteiger partial charge in [-0.05, 0) is 12.8 Å². The minimum absolute atomic E-state index is 0.535. The Labute approximate surface area is 133 Å². The van der Waals surface area contributed by atoms with Crippen LogP contribution in [0, 0.1) is 0 Å². The first-order valence-electron chi connectivity index (χ1n) is 7.45. The zero-order valence-corrected chi connectivity index (χ0v) is 13.7. The lowest BCUT2D eigenvalue weighted by Gasteiger charge is -2.24. The first-order valence-corrected chi connectivity index (χ1v) is 9.42. The molecule has 0 bridgehead atoms. The summed E-state index contributed by atoms with van der Waals surface area (Å²) in [6, 6.07) is 0.535. The fourth-order valence-corrected chi connectivity index (χ4v) is 4.37. The summed E-state index contributed by atoms with van der Waals surface area (Å²) >= 11 is 3.59. The van der Waals surface area contributed by atoms with Crippen molar-refractivity contribution in [3.63, 3.8) is 0 Å². The Bertz CT molecular complexity index is 511. The van der Waals surface area contributed by atoms with Crippen LogP contribution in [0.25, 0.3) is 0 Å². The van der Waals surface area contributed by atoms with E-state index in [1.54, 1.807) is 11.3 Å². The molecular weight excluding hydrogens is 302 g/mol. The smallest absolute Gasteiger partial charge is 0.213 e. The molecule has 3 rings (SSSR count). The van der Waals surface area contributed by atoms with Crippen molar-refractivity contribution in [1.29, 1.82) is 0 Å². The summed E-state index contributed by atoms with van der Waals surface area (Å²) in [6.45, 7) is 5.87. The Morgan fingerprint density at radius 3 is 2.71 bits per heavy atom. The molecule has 0 unspecified atom stereocenters. The summed E-state index contributed by atoms with van der Waals surface area (Å²) in [4.78, 5) is 2.31. The molecule has 0 amide bonds. The van der Waals surface area contributed by atoms with Crippen molar-refractivity contribution in [1.82, 2.24) is 15.5 Å². The SMILES string of the molecule is C=C=C(Nc1nnc(N2CCSCC2)s1)NC1CCCC1. The lowest BCUT2D eigenvalue weighted by molar-refractivity contribution is 0.587. The van der Waals surface area contributed by atoms with Gasteiger partial charge in [-0.3, -0.25) is 0 Å². The fraction of sp³-hybridized carbons (Fsp3) is 0.643. The monoisotopic (exact) mass is 323 g/mol. The maximum atomic E-state index is 4.29. The largest absolute Gasteiger partial charge is 0.362 e. The van der Waals surface area contributed by atoms with E-state index in [0.29, 0.717) is 6.04 Å². The molecule has 1 aliphatic heterocycles.